The Hall–Kier alpha value is -2.36. The minimum atomic E-state index is -0.334. The molecule has 1 amide bonds. The van der Waals surface area contributed by atoms with Crippen molar-refractivity contribution in [1.29, 1.82) is 0 Å². The van der Waals surface area contributed by atoms with Crippen molar-refractivity contribution in [1.82, 2.24) is 0 Å². The fourth-order valence-electron chi connectivity index (χ4n) is 1.70. The van der Waals surface area contributed by atoms with Crippen LogP contribution in [0.25, 0.3) is 0 Å². The first-order chi connectivity index (χ1) is 10.0. The van der Waals surface area contributed by atoms with Crippen LogP contribution in [0.15, 0.2) is 48.5 Å². The molecule has 0 unspecified atom stereocenters. The summed E-state index contributed by atoms with van der Waals surface area (Å²) in [6.45, 7) is 4.79. The van der Waals surface area contributed by atoms with Gasteiger partial charge < -0.3 is 10.1 Å². The SMILES string of the molecule is CC(C)COc1ccc(C(=O)Nc2ccc(F)cc2)cc1. The monoisotopic (exact) mass is 287 g/mol. The summed E-state index contributed by atoms with van der Waals surface area (Å²) >= 11 is 0. The second kappa shape index (κ2) is 6.88. The van der Waals surface area contributed by atoms with Crippen LogP contribution >= 0.6 is 0 Å². The van der Waals surface area contributed by atoms with Gasteiger partial charge in [0, 0.05) is 11.3 Å². The molecule has 0 aliphatic heterocycles. The summed E-state index contributed by atoms with van der Waals surface area (Å²) in [7, 11) is 0. The second-order valence-corrected chi connectivity index (χ2v) is 5.19. The Balaban J connectivity index is 1.97. The fourth-order valence-corrected chi connectivity index (χ4v) is 1.70. The molecule has 0 atom stereocenters. The van der Waals surface area contributed by atoms with Gasteiger partial charge in [-0.3, -0.25) is 4.79 Å². The van der Waals surface area contributed by atoms with E-state index in [1.807, 2.05) is 0 Å². The molecule has 3 nitrogen and oxygen atoms in total. The van der Waals surface area contributed by atoms with E-state index in [0.717, 1.165) is 5.75 Å². The highest BCUT2D eigenvalue weighted by atomic mass is 19.1. The maximum atomic E-state index is 12.8. The number of carbonyl (C=O) groups excluding carboxylic acids is 1. The van der Waals surface area contributed by atoms with Crippen molar-refractivity contribution in [2.24, 2.45) is 5.92 Å². The number of hydrogen-bond acceptors (Lipinski definition) is 2. The lowest BCUT2D eigenvalue weighted by molar-refractivity contribution is 0.102. The molecule has 0 heterocycles. The van der Waals surface area contributed by atoms with Crippen LogP contribution in [0.5, 0.6) is 5.75 Å². The number of benzene rings is 2. The Morgan fingerprint density at radius 2 is 1.71 bits per heavy atom. The molecule has 1 N–H and O–H groups in total. The first-order valence-electron chi connectivity index (χ1n) is 6.84. The number of anilines is 1. The average molecular weight is 287 g/mol. The molecule has 21 heavy (non-hydrogen) atoms. The van der Waals surface area contributed by atoms with Gasteiger partial charge in [-0.25, -0.2) is 4.39 Å². The standard InChI is InChI=1S/C17H18FNO2/c1-12(2)11-21-16-9-3-13(4-10-16)17(20)19-15-7-5-14(18)6-8-15/h3-10,12H,11H2,1-2H3,(H,19,20). The molecule has 0 bridgehead atoms. The van der Waals surface area contributed by atoms with Gasteiger partial charge in [-0.15, -0.1) is 0 Å². The molecule has 0 saturated heterocycles. The van der Waals surface area contributed by atoms with Crippen molar-refractivity contribution in [3.05, 3.63) is 59.9 Å². The summed E-state index contributed by atoms with van der Waals surface area (Å²) in [5, 5.41) is 2.71. The van der Waals surface area contributed by atoms with Gasteiger partial charge in [0.2, 0.25) is 0 Å². The molecule has 0 radical (unpaired) electrons. The van der Waals surface area contributed by atoms with Gasteiger partial charge in [-0.05, 0) is 54.4 Å². The quantitative estimate of drug-likeness (QED) is 0.898. The Labute approximate surface area is 123 Å². The molecule has 0 fully saturated rings. The number of rotatable bonds is 5. The molecule has 0 aromatic heterocycles. The lowest BCUT2D eigenvalue weighted by Gasteiger charge is -2.09. The zero-order valence-electron chi connectivity index (χ0n) is 12.1. The summed E-state index contributed by atoms with van der Waals surface area (Å²) in [4.78, 5) is 12.0. The Kier molecular flexibility index (Phi) is 4.93. The van der Waals surface area contributed by atoms with Crippen LogP contribution in [0.1, 0.15) is 24.2 Å². The third-order valence-electron chi connectivity index (χ3n) is 2.80. The minimum absolute atomic E-state index is 0.239. The van der Waals surface area contributed by atoms with Gasteiger partial charge in [0.15, 0.2) is 0 Å². The summed E-state index contributed by atoms with van der Waals surface area (Å²) < 4.78 is 18.4. The highest BCUT2D eigenvalue weighted by molar-refractivity contribution is 6.04. The van der Waals surface area contributed by atoms with Crippen LogP contribution in [0.2, 0.25) is 0 Å². The molecule has 110 valence electrons. The molecule has 0 spiro atoms. The molecule has 2 aromatic carbocycles. The summed E-state index contributed by atoms with van der Waals surface area (Å²) in [6.07, 6.45) is 0. The maximum absolute atomic E-state index is 12.8. The van der Waals surface area contributed by atoms with Crippen LogP contribution in [-0.4, -0.2) is 12.5 Å². The van der Waals surface area contributed by atoms with Crippen LogP contribution in [0, 0.1) is 11.7 Å². The van der Waals surface area contributed by atoms with E-state index in [-0.39, 0.29) is 11.7 Å². The Morgan fingerprint density at radius 1 is 1.10 bits per heavy atom. The lowest BCUT2D eigenvalue weighted by atomic mass is 10.2. The number of ether oxygens (including phenoxy) is 1. The summed E-state index contributed by atoms with van der Waals surface area (Å²) in [5.74, 6) is 0.616. The van der Waals surface area contributed by atoms with Crippen molar-refractivity contribution in [3.8, 4) is 5.75 Å². The maximum Gasteiger partial charge on any atom is 0.255 e. The van der Waals surface area contributed by atoms with E-state index in [1.54, 1.807) is 24.3 Å². The number of nitrogens with one attached hydrogen (secondary N) is 1. The molecular formula is C17H18FNO2. The predicted octanol–water partition coefficient (Wildman–Crippen LogP) is 4.11. The number of halogens is 1. The molecular weight excluding hydrogens is 269 g/mol. The molecule has 0 aliphatic rings. The second-order valence-electron chi connectivity index (χ2n) is 5.19. The number of amides is 1. The van der Waals surface area contributed by atoms with Crippen LogP contribution in [0.4, 0.5) is 10.1 Å². The summed E-state index contributed by atoms with van der Waals surface area (Å²) in [6, 6.07) is 12.6. The molecule has 2 aromatic rings. The van der Waals surface area contributed by atoms with Gasteiger partial charge in [0.05, 0.1) is 6.61 Å². The third-order valence-corrected chi connectivity index (χ3v) is 2.80. The van der Waals surface area contributed by atoms with Crippen LogP contribution in [-0.2, 0) is 0 Å². The van der Waals surface area contributed by atoms with Crippen molar-refractivity contribution >= 4 is 11.6 Å². The van der Waals surface area contributed by atoms with Crippen LogP contribution < -0.4 is 10.1 Å². The predicted molar refractivity (Wildman–Crippen MR) is 81.1 cm³/mol. The zero-order chi connectivity index (χ0) is 15.2. The molecule has 4 heteroatoms. The van der Waals surface area contributed by atoms with E-state index in [2.05, 4.69) is 19.2 Å². The average Bonchev–Trinajstić information content (AvgIpc) is 2.48. The first-order valence-corrected chi connectivity index (χ1v) is 6.84. The highest BCUT2D eigenvalue weighted by Crippen LogP contribution is 2.15. The topological polar surface area (TPSA) is 38.3 Å². The van der Waals surface area contributed by atoms with E-state index < -0.39 is 0 Å². The molecule has 0 saturated carbocycles. The van der Waals surface area contributed by atoms with Gasteiger partial charge in [0.1, 0.15) is 11.6 Å². The smallest absolute Gasteiger partial charge is 0.255 e. The zero-order valence-corrected chi connectivity index (χ0v) is 12.1. The van der Waals surface area contributed by atoms with Gasteiger partial charge in [0.25, 0.3) is 5.91 Å². The van der Waals surface area contributed by atoms with Crippen molar-refractivity contribution in [2.45, 2.75) is 13.8 Å². The normalized spacial score (nSPS) is 10.5. The van der Waals surface area contributed by atoms with E-state index in [0.29, 0.717) is 23.8 Å². The van der Waals surface area contributed by atoms with E-state index in [4.69, 9.17) is 4.74 Å². The molecule has 2 rings (SSSR count). The van der Waals surface area contributed by atoms with Gasteiger partial charge in [-0.1, -0.05) is 13.8 Å². The third kappa shape index (κ3) is 4.60. The highest BCUT2D eigenvalue weighted by Gasteiger charge is 2.06. The first kappa shape index (κ1) is 15.0. The number of carbonyl (C=O) groups is 1. The van der Waals surface area contributed by atoms with Crippen molar-refractivity contribution in [3.63, 3.8) is 0 Å². The largest absolute Gasteiger partial charge is 0.493 e. The van der Waals surface area contributed by atoms with Crippen molar-refractivity contribution in [2.75, 3.05) is 11.9 Å². The van der Waals surface area contributed by atoms with E-state index in [9.17, 15) is 9.18 Å². The fraction of sp³-hybridized carbons (Fsp3) is 0.235. The Morgan fingerprint density at radius 3 is 2.29 bits per heavy atom. The van der Waals surface area contributed by atoms with E-state index >= 15 is 0 Å². The van der Waals surface area contributed by atoms with Gasteiger partial charge in [-0.2, -0.15) is 0 Å². The lowest BCUT2D eigenvalue weighted by Crippen LogP contribution is -2.12. The minimum Gasteiger partial charge on any atom is -0.493 e. The molecule has 0 aliphatic carbocycles. The van der Waals surface area contributed by atoms with E-state index in [1.165, 1.54) is 24.3 Å². The van der Waals surface area contributed by atoms with Gasteiger partial charge >= 0.3 is 0 Å². The van der Waals surface area contributed by atoms with Crippen molar-refractivity contribution < 1.29 is 13.9 Å². The van der Waals surface area contributed by atoms with Crippen LogP contribution in [0.3, 0.4) is 0 Å². The summed E-state index contributed by atoms with van der Waals surface area (Å²) in [5.41, 5.74) is 1.08. The Bertz CT molecular complexity index is 591. The number of hydrogen-bond donors (Lipinski definition) is 1.